The molecular weight excluding hydrogens is 356 g/mol. The minimum atomic E-state index is -2.83. The summed E-state index contributed by atoms with van der Waals surface area (Å²) in [6.45, 7) is 3.86. The number of hydrogen-bond acceptors (Lipinski definition) is 3. The van der Waals surface area contributed by atoms with E-state index in [1.807, 2.05) is 50.9 Å². The highest BCUT2D eigenvalue weighted by molar-refractivity contribution is 7.99. The summed E-state index contributed by atoms with van der Waals surface area (Å²) in [5.74, 6) is 0.487. The number of anilines is 1. The molecule has 0 aliphatic heterocycles. The van der Waals surface area contributed by atoms with Gasteiger partial charge in [-0.15, -0.1) is 0 Å². The van der Waals surface area contributed by atoms with Crippen molar-refractivity contribution in [2.24, 2.45) is 0 Å². The van der Waals surface area contributed by atoms with Crippen LogP contribution >= 0.6 is 11.8 Å². The number of hydrogen-bond donors (Lipinski definition) is 2. The van der Waals surface area contributed by atoms with Crippen molar-refractivity contribution in [1.82, 2.24) is 4.90 Å². The zero-order valence-corrected chi connectivity index (χ0v) is 16.1. The highest BCUT2D eigenvalue weighted by Gasteiger charge is 2.10. The van der Waals surface area contributed by atoms with Gasteiger partial charge >= 0.3 is 6.61 Å². The van der Waals surface area contributed by atoms with E-state index in [9.17, 15) is 8.78 Å². The molecule has 0 unspecified atom stereocenters. The van der Waals surface area contributed by atoms with Crippen LogP contribution in [0.15, 0.2) is 46.2 Å². The lowest BCUT2D eigenvalue weighted by Gasteiger charge is -2.20. The molecule has 0 atom stereocenters. The smallest absolute Gasteiger partial charge is 0.387 e. The van der Waals surface area contributed by atoms with Crippen LogP contribution in [0.5, 0.6) is 5.75 Å². The summed E-state index contributed by atoms with van der Waals surface area (Å²) in [6.07, 6.45) is 0. The zero-order chi connectivity index (χ0) is 19.3. The Labute approximate surface area is 157 Å². The van der Waals surface area contributed by atoms with E-state index in [0.29, 0.717) is 5.96 Å². The molecule has 0 aromatic heterocycles. The molecule has 0 saturated heterocycles. The normalized spacial score (nSPS) is 10.7. The fourth-order valence-corrected chi connectivity index (χ4v) is 3.29. The van der Waals surface area contributed by atoms with Crippen LogP contribution in [0.3, 0.4) is 0 Å². The summed E-state index contributed by atoms with van der Waals surface area (Å²) in [5, 5.41) is 11.2. The Hall–Kier alpha value is -2.28. The Balaban J connectivity index is 2.19. The van der Waals surface area contributed by atoms with Crippen molar-refractivity contribution in [1.29, 1.82) is 5.41 Å². The Morgan fingerprint density at radius 2 is 1.96 bits per heavy atom. The van der Waals surface area contributed by atoms with Gasteiger partial charge in [0.1, 0.15) is 5.75 Å². The Bertz CT molecular complexity index is 783. The van der Waals surface area contributed by atoms with Crippen LogP contribution in [0.4, 0.5) is 14.5 Å². The van der Waals surface area contributed by atoms with E-state index in [1.165, 1.54) is 17.8 Å². The molecule has 2 aromatic rings. The van der Waals surface area contributed by atoms with E-state index in [0.717, 1.165) is 33.2 Å². The summed E-state index contributed by atoms with van der Waals surface area (Å²) in [6, 6.07) is 10.7. The van der Waals surface area contributed by atoms with E-state index in [2.05, 4.69) is 10.1 Å². The topological polar surface area (TPSA) is 48.4 Å². The highest BCUT2D eigenvalue weighted by atomic mass is 32.2. The van der Waals surface area contributed by atoms with E-state index >= 15 is 0 Å². The van der Waals surface area contributed by atoms with Crippen molar-refractivity contribution in [3.05, 3.63) is 47.5 Å². The molecule has 0 heterocycles. The van der Waals surface area contributed by atoms with E-state index in [1.54, 1.807) is 12.1 Å². The van der Waals surface area contributed by atoms with Crippen molar-refractivity contribution in [3.8, 4) is 5.75 Å². The molecule has 0 aliphatic rings. The molecule has 140 valence electrons. The predicted molar refractivity (Wildman–Crippen MR) is 103 cm³/mol. The molecule has 4 nitrogen and oxygen atoms in total. The van der Waals surface area contributed by atoms with Gasteiger partial charge in [0.25, 0.3) is 0 Å². The lowest BCUT2D eigenvalue weighted by molar-refractivity contribution is -0.0499. The molecular formula is C19H23F2N3OS. The molecule has 26 heavy (non-hydrogen) atoms. The maximum atomic E-state index is 12.4. The lowest BCUT2D eigenvalue weighted by atomic mass is 10.1. The van der Waals surface area contributed by atoms with E-state index < -0.39 is 6.61 Å². The molecule has 0 amide bonds. The van der Waals surface area contributed by atoms with Gasteiger partial charge in [-0.25, -0.2) is 0 Å². The molecule has 0 fully saturated rings. The average molecular weight is 379 g/mol. The van der Waals surface area contributed by atoms with Crippen LogP contribution < -0.4 is 10.1 Å². The number of alkyl halides is 2. The molecule has 2 N–H and O–H groups in total. The van der Waals surface area contributed by atoms with Gasteiger partial charge in [-0.05, 0) is 62.2 Å². The van der Waals surface area contributed by atoms with Crippen molar-refractivity contribution in [2.75, 3.05) is 18.9 Å². The van der Waals surface area contributed by atoms with Gasteiger partial charge in [-0.1, -0.05) is 17.8 Å². The number of rotatable bonds is 6. The summed E-state index contributed by atoms with van der Waals surface area (Å²) in [5.41, 5.74) is 2.93. The maximum absolute atomic E-state index is 12.4. The van der Waals surface area contributed by atoms with Crippen molar-refractivity contribution in [3.63, 3.8) is 0 Å². The zero-order valence-electron chi connectivity index (χ0n) is 15.3. The van der Waals surface area contributed by atoms with Gasteiger partial charge in [0, 0.05) is 29.1 Å². The van der Waals surface area contributed by atoms with Gasteiger partial charge in [0.05, 0.1) is 0 Å². The number of benzene rings is 2. The second kappa shape index (κ2) is 8.89. The van der Waals surface area contributed by atoms with Crippen LogP contribution in [-0.2, 0) is 0 Å². The van der Waals surface area contributed by atoms with Gasteiger partial charge in [-0.3, -0.25) is 5.41 Å². The van der Waals surface area contributed by atoms with E-state index in [-0.39, 0.29) is 5.75 Å². The first-order valence-corrected chi connectivity index (χ1v) is 9.02. The SMILES string of the molecule is CCN(C)C(=N)Nc1cc(C)c(Sc2cccc(OC(F)F)c2)cc1C. The maximum Gasteiger partial charge on any atom is 0.387 e. The molecule has 0 aliphatic carbocycles. The Morgan fingerprint density at radius 3 is 2.62 bits per heavy atom. The number of nitrogens with zero attached hydrogens (tertiary/aromatic N) is 1. The fraction of sp³-hybridized carbons (Fsp3) is 0.316. The van der Waals surface area contributed by atoms with Crippen LogP contribution in [0, 0.1) is 19.3 Å². The third kappa shape index (κ3) is 5.36. The molecule has 0 bridgehead atoms. The summed E-state index contributed by atoms with van der Waals surface area (Å²) in [7, 11) is 1.86. The van der Waals surface area contributed by atoms with Gasteiger partial charge < -0.3 is 15.0 Å². The first-order chi connectivity index (χ1) is 12.3. The van der Waals surface area contributed by atoms with Gasteiger partial charge in [0.15, 0.2) is 5.96 Å². The summed E-state index contributed by atoms with van der Waals surface area (Å²) >= 11 is 1.49. The van der Waals surface area contributed by atoms with E-state index in [4.69, 9.17) is 5.41 Å². The molecule has 0 radical (unpaired) electrons. The number of nitrogens with one attached hydrogen (secondary N) is 2. The number of guanidine groups is 1. The quantitative estimate of drug-likeness (QED) is 0.524. The number of ether oxygens (including phenoxy) is 1. The third-order valence-corrected chi connectivity index (χ3v) is 5.04. The van der Waals surface area contributed by atoms with Crippen molar-refractivity contribution in [2.45, 2.75) is 37.2 Å². The monoisotopic (exact) mass is 379 g/mol. The summed E-state index contributed by atoms with van der Waals surface area (Å²) < 4.78 is 29.2. The van der Waals surface area contributed by atoms with Gasteiger partial charge in [0.2, 0.25) is 0 Å². The largest absolute Gasteiger partial charge is 0.435 e. The third-order valence-electron chi connectivity index (χ3n) is 3.89. The Morgan fingerprint density at radius 1 is 1.23 bits per heavy atom. The second-order valence-corrected chi connectivity index (χ2v) is 6.99. The van der Waals surface area contributed by atoms with Crippen molar-refractivity contribution >= 4 is 23.4 Å². The van der Waals surface area contributed by atoms with Gasteiger partial charge in [-0.2, -0.15) is 8.78 Å². The predicted octanol–water partition coefficient (Wildman–Crippen LogP) is 5.35. The van der Waals surface area contributed by atoms with Crippen LogP contribution in [-0.4, -0.2) is 31.1 Å². The first-order valence-electron chi connectivity index (χ1n) is 8.20. The Kier molecular flexibility index (Phi) is 6.85. The molecule has 0 spiro atoms. The lowest BCUT2D eigenvalue weighted by Crippen LogP contribution is -2.32. The second-order valence-electron chi connectivity index (χ2n) is 5.88. The standard InChI is InChI=1S/C19H23F2N3OS/c1-5-24(4)19(22)23-16-9-13(3)17(10-12(16)2)26-15-8-6-7-14(11-15)25-18(20)21/h6-11,18H,5H2,1-4H3,(H2,22,23). The molecule has 2 rings (SSSR count). The molecule has 0 saturated carbocycles. The molecule has 2 aromatic carbocycles. The minimum absolute atomic E-state index is 0.147. The number of halogens is 2. The summed E-state index contributed by atoms with van der Waals surface area (Å²) in [4.78, 5) is 3.66. The van der Waals surface area contributed by atoms with Crippen LogP contribution in [0.1, 0.15) is 18.1 Å². The average Bonchev–Trinajstić information content (AvgIpc) is 2.58. The fourth-order valence-electron chi connectivity index (χ4n) is 2.26. The van der Waals surface area contributed by atoms with Crippen LogP contribution in [0.2, 0.25) is 0 Å². The minimum Gasteiger partial charge on any atom is -0.435 e. The molecule has 7 heteroatoms. The van der Waals surface area contributed by atoms with Crippen molar-refractivity contribution < 1.29 is 13.5 Å². The first kappa shape index (κ1) is 20.0. The number of aryl methyl sites for hydroxylation is 2. The van der Waals surface area contributed by atoms with Crippen LogP contribution in [0.25, 0.3) is 0 Å². The highest BCUT2D eigenvalue weighted by Crippen LogP contribution is 2.35.